The van der Waals surface area contributed by atoms with Gasteiger partial charge in [-0.3, -0.25) is 0 Å². The predicted molar refractivity (Wildman–Crippen MR) is 84.2 cm³/mol. The van der Waals surface area contributed by atoms with Crippen molar-refractivity contribution >= 4 is 0 Å². The lowest BCUT2D eigenvalue weighted by Gasteiger charge is -2.14. The maximum Gasteiger partial charge on any atom is 0.136 e. The van der Waals surface area contributed by atoms with Crippen LogP contribution in [0.25, 0.3) is 0 Å². The molecule has 0 saturated heterocycles. The van der Waals surface area contributed by atoms with Crippen molar-refractivity contribution in [2.24, 2.45) is 0 Å². The molecule has 2 rings (SSSR count). The van der Waals surface area contributed by atoms with Gasteiger partial charge in [0.05, 0.1) is 12.7 Å². The molecule has 0 spiro atoms. The summed E-state index contributed by atoms with van der Waals surface area (Å²) in [6.45, 7) is 2.91. The fourth-order valence-electron chi connectivity index (χ4n) is 2.28. The van der Waals surface area contributed by atoms with E-state index in [-0.39, 0.29) is 0 Å². The lowest BCUT2D eigenvalue weighted by Crippen LogP contribution is -2.27. The first-order valence-electron chi connectivity index (χ1n) is 7.07. The van der Waals surface area contributed by atoms with Crippen molar-refractivity contribution in [3.05, 3.63) is 65.2 Å². The topological polar surface area (TPSA) is 45.0 Å². The molecule has 0 bridgehead atoms. The summed E-state index contributed by atoms with van der Waals surface area (Å²) < 4.78 is 5.15. The molecular weight excluding hydrogens is 260 g/mol. The Bertz CT molecular complexity index is 617. The van der Waals surface area contributed by atoms with E-state index in [0.29, 0.717) is 17.4 Å². The minimum atomic E-state index is 0.375. The molecule has 0 fully saturated rings. The first kappa shape index (κ1) is 15.1. The minimum Gasteiger partial charge on any atom is -0.495 e. The molecule has 2 aromatic carbocycles. The summed E-state index contributed by atoms with van der Waals surface area (Å²) in [7, 11) is 1.58. The lowest BCUT2D eigenvalue weighted by atomic mass is 10.1. The molecular formula is C18H20N2O. The summed E-state index contributed by atoms with van der Waals surface area (Å²) in [5.41, 5.74) is 2.99. The van der Waals surface area contributed by atoms with Gasteiger partial charge < -0.3 is 10.1 Å². The summed E-state index contributed by atoms with van der Waals surface area (Å²) in [6, 6.07) is 18.7. The Labute approximate surface area is 126 Å². The quantitative estimate of drug-likeness (QED) is 0.883. The number of hydrogen-bond donors (Lipinski definition) is 1. The zero-order valence-electron chi connectivity index (χ0n) is 12.5. The van der Waals surface area contributed by atoms with Crippen LogP contribution in [0.4, 0.5) is 0 Å². The van der Waals surface area contributed by atoms with Crippen molar-refractivity contribution in [3.8, 4) is 11.8 Å². The molecule has 1 unspecified atom stereocenters. The van der Waals surface area contributed by atoms with Gasteiger partial charge in [-0.2, -0.15) is 5.26 Å². The Kier molecular flexibility index (Phi) is 5.36. The highest BCUT2D eigenvalue weighted by atomic mass is 16.5. The van der Waals surface area contributed by atoms with Crippen molar-refractivity contribution < 1.29 is 4.74 Å². The van der Waals surface area contributed by atoms with E-state index in [1.807, 2.05) is 24.3 Å². The van der Waals surface area contributed by atoms with Gasteiger partial charge in [-0.05, 0) is 36.6 Å². The Morgan fingerprint density at radius 1 is 1.14 bits per heavy atom. The molecule has 0 saturated carbocycles. The van der Waals surface area contributed by atoms with Crippen LogP contribution in [-0.4, -0.2) is 13.2 Å². The van der Waals surface area contributed by atoms with Gasteiger partial charge in [0.1, 0.15) is 11.8 Å². The number of nitriles is 1. The van der Waals surface area contributed by atoms with E-state index in [2.05, 4.69) is 42.6 Å². The number of nitrogens with zero attached hydrogens (tertiary/aromatic N) is 1. The standard InChI is InChI=1S/C18H20N2O/c1-14(10-15-6-4-3-5-7-15)20-13-16-8-9-18(21-2)17(11-16)12-19/h3-9,11,14,20H,10,13H2,1-2H3. The van der Waals surface area contributed by atoms with Gasteiger partial charge in [-0.25, -0.2) is 0 Å². The molecule has 0 heterocycles. The Morgan fingerprint density at radius 2 is 1.90 bits per heavy atom. The molecule has 108 valence electrons. The molecule has 3 heteroatoms. The normalized spacial score (nSPS) is 11.7. The fraction of sp³-hybridized carbons (Fsp3) is 0.278. The number of benzene rings is 2. The maximum atomic E-state index is 9.10. The molecule has 0 radical (unpaired) electrons. The van der Waals surface area contributed by atoms with E-state index in [9.17, 15) is 0 Å². The Hall–Kier alpha value is -2.31. The zero-order valence-corrected chi connectivity index (χ0v) is 12.5. The second kappa shape index (κ2) is 7.47. The SMILES string of the molecule is COc1ccc(CNC(C)Cc2ccccc2)cc1C#N. The third-order valence-corrected chi connectivity index (χ3v) is 3.42. The highest BCUT2D eigenvalue weighted by molar-refractivity contribution is 5.45. The lowest BCUT2D eigenvalue weighted by molar-refractivity contribution is 0.413. The molecule has 3 nitrogen and oxygen atoms in total. The first-order valence-corrected chi connectivity index (χ1v) is 7.07. The van der Waals surface area contributed by atoms with E-state index in [1.165, 1.54) is 5.56 Å². The van der Waals surface area contributed by atoms with Gasteiger partial charge in [-0.15, -0.1) is 0 Å². The average molecular weight is 280 g/mol. The van der Waals surface area contributed by atoms with Gasteiger partial charge in [-0.1, -0.05) is 36.4 Å². The van der Waals surface area contributed by atoms with E-state index in [0.717, 1.165) is 18.5 Å². The third-order valence-electron chi connectivity index (χ3n) is 3.42. The monoisotopic (exact) mass is 280 g/mol. The highest BCUT2D eigenvalue weighted by Crippen LogP contribution is 2.18. The Morgan fingerprint density at radius 3 is 2.57 bits per heavy atom. The van der Waals surface area contributed by atoms with Crippen LogP contribution in [-0.2, 0) is 13.0 Å². The summed E-state index contributed by atoms with van der Waals surface area (Å²) in [5, 5.41) is 12.6. The van der Waals surface area contributed by atoms with Crippen molar-refractivity contribution in [3.63, 3.8) is 0 Å². The molecule has 2 aromatic rings. The van der Waals surface area contributed by atoms with Crippen LogP contribution < -0.4 is 10.1 Å². The summed E-state index contributed by atoms with van der Waals surface area (Å²) in [6.07, 6.45) is 0.988. The van der Waals surface area contributed by atoms with Gasteiger partial charge >= 0.3 is 0 Å². The number of ether oxygens (including phenoxy) is 1. The van der Waals surface area contributed by atoms with Crippen LogP contribution in [0.15, 0.2) is 48.5 Å². The van der Waals surface area contributed by atoms with Crippen LogP contribution >= 0.6 is 0 Å². The van der Waals surface area contributed by atoms with Crippen molar-refractivity contribution in [2.75, 3.05) is 7.11 Å². The van der Waals surface area contributed by atoms with Crippen LogP contribution in [0.2, 0.25) is 0 Å². The third kappa shape index (κ3) is 4.34. The van der Waals surface area contributed by atoms with Gasteiger partial charge in [0.2, 0.25) is 0 Å². The van der Waals surface area contributed by atoms with Gasteiger partial charge in [0.25, 0.3) is 0 Å². The molecule has 0 aliphatic heterocycles. The number of methoxy groups -OCH3 is 1. The zero-order chi connectivity index (χ0) is 15.1. The Balaban J connectivity index is 1.92. The molecule has 1 atom stereocenters. The first-order chi connectivity index (χ1) is 10.2. The summed E-state index contributed by atoms with van der Waals surface area (Å²) >= 11 is 0. The molecule has 0 aliphatic rings. The van der Waals surface area contributed by atoms with E-state index >= 15 is 0 Å². The average Bonchev–Trinajstić information content (AvgIpc) is 2.53. The van der Waals surface area contributed by atoms with Crippen LogP contribution in [0.3, 0.4) is 0 Å². The van der Waals surface area contributed by atoms with Crippen molar-refractivity contribution in [1.82, 2.24) is 5.32 Å². The largest absolute Gasteiger partial charge is 0.495 e. The highest BCUT2D eigenvalue weighted by Gasteiger charge is 2.06. The van der Waals surface area contributed by atoms with E-state index in [4.69, 9.17) is 10.00 Å². The number of nitrogens with one attached hydrogen (secondary N) is 1. The fourth-order valence-corrected chi connectivity index (χ4v) is 2.28. The molecule has 0 aromatic heterocycles. The molecule has 0 amide bonds. The maximum absolute atomic E-state index is 9.10. The minimum absolute atomic E-state index is 0.375. The second-order valence-corrected chi connectivity index (χ2v) is 5.12. The summed E-state index contributed by atoms with van der Waals surface area (Å²) in [4.78, 5) is 0. The molecule has 21 heavy (non-hydrogen) atoms. The van der Waals surface area contributed by atoms with Crippen LogP contribution in [0.1, 0.15) is 23.6 Å². The van der Waals surface area contributed by atoms with Crippen molar-refractivity contribution in [1.29, 1.82) is 5.26 Å². The smallest absolute Gasteiger partial charge is 0.136 e. The molecule has 0 aliphatic carbocycles. The van der Waals surface area contributed by atoms with E-state index < -0.39 is 0 Å². The second-order valence-electron chi connectivity index (χ2n) is 5.12. The number of hydrogen-bond acceptors (Lipinski definition) is 3. The molecule has 1 N–H and O–H groups in total. The van der Waals surface area contributed by atoms with Gasteiger partial charge in [0, 0.05) is 12.6 Å². The van der Waals surface area contributed by atoms with E-state index in [1.54, 1.807) is 7.11 Å². The van der Waals surface area contributed by atoms with Crippen LogP contribution in [0, 0.1) is 11.3 Å². The predicted octanol–water partition coefficient (Wildman–Crippen LogP) is 3.29. The van der Waals surface area contributed by atoms with Gasteiger partial charge in [0.15, 0.2) is 0 Å². The van der Waals surface area contributed by atoms with Crippen molar-refractivity contribution in [2.45, 2.75) is 25.9 Å². The van der Waals surface area contributed by atoms with Crippen LogP contribution in [0.5, 0.6) is 5.75 Å². The summed E-state index contributed by atoms with van der Waals surface area (Å²) in [5.74, 6) is 0.624. The number of rotatable bonds is 6.